The predicted octanol–water partition coefficient (Wildman–Crippen LogP) is 3.37. The molecule has 1 aromatic rings. The fourth-order valence-corrected chi connectivity index (χ4v) is 3.43. The summed E-state index contributed by atoms with van der Waals surface area (Å²) in [6.07, 6.45) is 1.23. The van der Waals surface area contributed by atoms with Crippen LogP contribution in [-0.2, 0) is 0 Å². The van der Waals surface area contributed by atoms with Crippen molar-refractivity contribution in [1.29, 1.82) is 0 Å². The molecule has 1 nitrogen and oxygen atoms in total. The van der Waals surface area contributed by atoms with Crippen molar-refractivity contribution >= 4 is 39.4 Å². The lowest BCUT2D eigenvalue weighted by Crippen LogP contribution is -2.16. The largest absolute Gasteiger partial charge is 0.278 e. The van der Waals surface area contributed by atoms with E-state index in [9.17, 15) is 0 Å². The number of thioether (sulfide) groups is 1. The molecule has 3 heteroatoms. The van der Waals surface area contributed by atoms with Crippen LogP contribution in [0.2, 0.25) is 0 Å². The first-order chi connectivity index (χ1) is 6.90. The highest BCUT2D eigenvalue weighted by molar-refractivity contribution is 14.1. The zero-order valence-electron chi connectivity index (χ0n) is 7.82. The van der Waals surface area contributed by atoms with Gasteiger partial charge in [-0.2, -0.15) is 0 Å². The zero-order valence-corrected chi connectivity index (χ0v) is 10.8. The van der Waals surface area contributed by atoms with E-state index >= 15 is 0 Å². The van der Waals surface area contributed by atoms with E-state index in [0.29, 0.717) is 0 Å². The number of halogens is 1. The van der Waals surface area contributed by atoms with E-state index in [1.807, 2.05) is 17.8 Å². The summed E-state index contributed by atoms with van der Waals surface area (Å²) in [4.78, 5) is 4.57. The third kappa shape index (κ3) is 2.51. The summed E-state index contributed by atoms with van der Waals surface area (Å²) < 4.78 is 1.22. The van der Waals surface area contributed by atoms with Crippen molar-refractivity contribution < 1.29 is 0 Å². The van der Waals surface area contributed by atoms with Crippen molar-refractivity contribution in [3.05, 3.63) is 35.9 Å². The van der Waals surface area contributed by atoms with E-state index in [1.54, 1.807) is 0 Å². The minimum atomic E-state index is 0.753. The molecule has 0 aromatic heterocycles. The van der Waals surface area contributed by atoms with E-state index in [1.165, 1.54) is 21.5 Å². The number of nitrogens with zero attached hydrogens (tertiary/aromatic N) is 1. The third-order valence-corrected chi connectivity index (χ3v) is 5.16. The summed E-state index contributed by atoms with van der Waals surface area (Å²) in [6, 6.07) is 10.5. The van der Waals surface area contributed by atoms with Crippen LogP contribution >= 0.6 is 34.4 Å². The average molecular weight is 317 g/mol. The topological polar surface area (TPSA) is 12.4 Å². The first kappa shape index (κ1) is 10.5. The van der Waals surface area contributed by atoms with Crippen LogP contribution in [0.15, 0.2) is 35.3 Å². The Morgan fingerprint density at radius 3 is 2.86 bits per heavy atom. The Morgan fingerprint density at radius 2 is 2.14 bits per heavy atom. The Morgan fingerprint density at radius 1 is 1.36 bits per heavy atom. The average Bonchev–Trinajstić information content (AvgIpc) is 2.30. The molecule has 0 N–H and O–H groups in total. The van der Waals surface area contributed by atoms with Gasteiger partial charge in [0.15, 0.2) is 0 Å². The third-order valence-electron chi connectivity index (χ3n) is 2.18. The van der Waals surface area contributed by atoms with Gasteiger partial charge in [-0.1, -0.05) is 52.9 Å². The van der Waals surface area contributed by atoms with Crippen LogP contribution < -0.4 is 0 Å². The second-order valence-corrected chi connectivity index (χ2v) is 5.41. The van der Waals surface area contributed by atoms with Gasteiger partial charge in [-0.15, -0.1) is 11.8 Å². The first-order valence-electron chi connectivity index (χ1n) is 4.72. The van der Waals surface area contributed by atoms with E-state index in [-0.39, 0.29) is 0 Å². The minimum absolute atomic E-state index is 0.753. The number of hydrogen-bond donors (Lipinski definition) is 0. The quantitative estimate of drug-likeness (QED) is 0.602. The van der Waals surface area contributed by atoms with Crippen LogP contribution in [0.25, 0.3) is 0 Å². The maximum Gasteiger partial charge on any atom is 0.0979 e. The molecule has 14 heavy (non-hydrogen) atoms. The van der Waals surface area contributed by atoms with Gasteiger partial charge < -0.3 is 0 Å². The predicted molar refractivity (Wildman–Crippen MR) is 72.7 cm³/mol. The zero-order chi connectivity index (χ0) is 9.80. The second kappa shape index (κ2) is 5.16. The molecule has 0 bridgehead atoms. The van der Waals surface area contributed by atoms with Crippen LogP contribution in [0.5, 0.6) is 0 Å². The van der Waals surface area contributed by atoms with Crippen LogP contribution in [0.4, 0.5) is 0 Å². The normalized spacial score (nSPS) is 21.8. The standard InChI is InChI=1S/C11H12INS/c12-8-10-6-7-13-11(14-10)9-4-2-1-3-5-9/h1-5,10H,6-8H2. The lowest BCUT2D eigenvalue weighted by molar-refractivity contribution is 0.833. The van der Waals surface area contributed by atoms with Crippen LogP contribution in [0, 0.1) is 0 Å². The van der Waals surface area contributed by atoms with Gasteiger partial charge in [0.25, 0.3) is 0 Å². The van der Waals surface area contributed by atoms with Gasteiger partial charge in [0.2, 0.25) is 0 Å². The molecule has 0 saturated heterocycles. The second-order valence-electron chi connectivity index (χ2n) is 3.24. The summed E-state index contributed by atoms with van der Waals surface area (Å²) in [7, 11) is 0. The van der Waals surface area contributed by atoms with Crippen molar-refractivity contribution in [3.8, 4) is 0 Å². The summed E-state index contributed by atoms with van der Waals surface area (Å²) >= 11 is 4.39. The molecule has 0 radical (unpaired) electrons. The van der Waals surface area contributed by atoms with Crippen molar-refractivity contribution in [1.82, 2.24) is 0 Å². The SMILES string of the molecule is ICC1CCN=C(c2ccccc2)S1. The molecule has 1 unspecified atom stereocenters. The summed E-state index contributed by atoms with van der Waals surface area (Å²) in [5.41, 5.74) is 1.27. The molecule has 74 valence electrons. The summed E-state index contributed by atoms with van der Waals surface area (Å²) in [5, 5.41) is 1.97. The molecule has 0 saturated carbocycles. The number of rotatable bonds is 2. The fraction of sp³-hybridized carbons (Fsp3) is 0.364. The monoisotopic (exact) mass is 317 g/mol. The molecule has 0 spiro atoms. The molecular formula is C11H12INS. The highest BCUT2D eigenvalue weighted by Gasteiger charge is 2.16. The lowest BCUT2D eigenvalue weighted by atomic mass is 10.2. The van der Waals surface area contributed by atoms with Gasteiger partial charge in [0.1, 0.15) is 0 Å². The van der Waals surface area contributed by atoms with Crippen LogP contribution in [0.1, 0.15) is 12.0 Å². The van der Waals surface area contributed by atoms with Gasteiger partial charge in [-0.05, 0) is 6.42 Å². The number of alkyl halides is 1. The molecule has 0 amide bonds. The van der Waals surface area contributed by atoms with Gasteiger partial charge in [0.05, 0.1) is 5.04 Å². The van der Waals surface area contributed by atoms with Crippen molar-refractivity contribution in [2.45, 2.75) is 11.7 Å². The van der Waals surface area contributed by atoms with Crippen LogP contribution in [0.3, 0.4) is 0 Å². The van der Waals surface area contributed by atoms with Crippen LogP contribution in [-0.4, -0.2) is 21.3 Å². The number of aliphatic imine (C=N–C) groups is 1. The maximum absolute atomic E-state index is 4.57. The highest BCUT2D eigenvalue weighted by atomic mass is 127. The van der Waals surface area contributed by atoms with Gasteiger partial charge in [-0.25, -0.2) is 0 Å². The Labute approximate surface area is 103 Å². The smallest absolute Gasteiger partial charge is 0.0979 e. The molecule has 1 atom stereocenters. The first-order valence-corrected chi connectivity index (χ1v) is 7.13. The molecule has 0 aliphatic carbocycles. The lowest BCUT2D eigenvalue weighted by Gasteiger charge is -2.19. The van der Waals surface area contributed by atoms with E-state index < -0.39 is 0 Å². The molecule has 2 rings (SSSR count). The molecular weight excluding hydrogens is 305 g/mol. The van der Waals surface area contributed by atoms with E-state index in [0.717, 1.165) is 11.8 Å². The Bertz CT molecular complexity index is 323. The Hall–Kier alpha value is -0.0300. The number of benzene rings is 1. The van der Waals surface area contributed by atoms with Crippen molar-refractivity contribution in [2.24, 2.45) is 4.99 Å². The molecule has 1 heterocycles. The van der Waals surface area contributed by atoms with Gasteiger partial charge >= 0.3 is 0 Å². The molecule has 1 aromatic carbocycles. The van der Waals surface area contributed by atoms with Gasteiger partial charge in [-0.3, -0.25) is 4.99 Å². The van der Waals surface area contributed by atoms with E-state index in [2.05, 4.69) is 51.8 Å². The van der Waals surface area contributed by atoms with Crippen molar-refractivity contribution in [3.63, 3.8) is 0 Å². The number of hydrogen-bond acceptors (Lipinski definition) is 2. The summed E-state index contributed by atoms with van der Waals surface area (Å²) in [5.74, 6) is 0. The van der Waals surface area contributed by atoms with Gasteiger partial charge in [0, 0.05) is 21.8 Å². The Kier molecular flexibility index (Phi) is 3.87. The molecule has 0 fully saturated rings. The van der Waals surface area contributed by atoms with Crippen molar-refractivity contribution in [2.75, 3.05) is 11.0 Å². The fourth-order valence-electron chi connectivity index (χ4n) is 1.41. The summed E-state index contributed by atoms with van der Waals surface area (Å²) in [6.45, 7) is 0.991. The maximum atomic E-state index is 4.57. The minimum Gasteiger partial charge on any atom is -0.278 e. The molecule has 1 aliphatic heterocycles. The molecule has 1 aliphatic rings. The Balaban J connectivity index is 2.16. The van der Waals surface area contributed by atoms with E-state index in [4.69, 9.17) is 0 Å². The highest BCUT2D eigenvalue weighted by Crippen LogP contribution is 2.26.